The van der Waals surface area contributed by atoms with Gasteiger partial charge in [-0.25, -0.2) is 4.98 Å². The average Bonchev–Trinajstić information content (AvgIpc) is 2.47. The Labute approximate surface area is 131 Å². The van der Waals surface area contributed by atoms with E-state index in [4.69, 9.17) is 23.2 Å². The highest BCUT2D eigenvalue weighted by Gasteiger charge is 2.14. The molecular weight excluding hydrogens is 307 g/mol. The molecule has 3 rings (SSSR count). The number of hydrogen-bond acceptors (Lipinski definition) is 3. The Hall–Kier alpha value is -1.97. The molecule has 0 unspecified atom stereocenters. The van der Waals surface area contributed by atoms with Gasteiger partial charge in [0, 0.05) is 24.2 Å². The lowest BCUT2D eigenvalue weighted by molar-refractivity contribution is 0.0988. The lowest BCUT2D eigenvalue weighted by Gasteiger charge is -2.06. The number of ketones is 1. The molecule has 0 aliphatic rings. The van der Waals surface area contributed by atoms with Crippen molar-refractivity contribution in [1.82, 2.24) is 9.97 Å². The molecule has 104 valence electrons. The van der Waals surface area contributed by atoms with Gasteiger partial charge >= 0.3 is 0 Å². The minimum absolute atomic E-state index is 0.145. The van der Waals surface area contributed by atoms with Crippen molar-refractivity contribution in [2.75, 3.05) is 0 Å². The summed E-state index contributed by atoms with van der Waals surface area (Å²) in [6.07, 6.45) is 3.34. The lowest BCUT2D eigenvalue weighted by Crippen LogP contribution is -2.07. The summed E-state index contributed by atoms with van der Waals surface area (Å²) in [4.78, 5) is 20.7. The molecule has 2 heterocycles. The van der Waals surface area contributed by atoms with Gasteiger partial charge in [-0.15, -0.1) is 0 Å². The molecule has 0 saturated carbocycles. The largest absolute Gasteiger partial charge is 0.292 e. The van der Waals surface area contributed by atoms with E-state index in [0.29, 0.717) is 5.02 Å². The van der Waals surface area contributed by atoms with Crippen LogP contribution in [0.25, 0.3) is 10.9 Å². The van der Waals surface area contributed by atoms with E-state index in [1.165, 1.54) is 12.3 Å². The van der Waals surface area contributed by atoms with Gasteiger partial charge in [0.1, 0.15) is 5.69 Å². The van der Waals surface area contributed by atoms with E-state index in [1.807, 2.05) is 30.3 Å². The van der Waals surface area contributed by atoms with Crippen molar-refractivity contribution in [2.45, 2.75) is 6.42 Å². The summed E-state index contributed by atoms with van der Waals surface area (Å²) in [5.74, 6) is -0.145. The first-order chi connectivity index (χ1) is 10.1. The number of nitrogens with zero attached hydrogens (tertiary/aromatic N) is 2. The molecule has 2 aromatic heterocycles. The zero-order valence-corrected chi connectivity index (χ0v) is 12.4. The van der Waals surface area contributed by atoms with Crippen LogP contribution >= 0.6 is 23.2 Å². The molecule has 3 nitrogen and oxygen atoms in total. The Balaban J connectivity index is 1.97. The first-order valence-corrected chi connectivity index (χ1v) is 7.07. The first kappa shape index (κ1) is 14.0. The number of pyridine rings is 2. The second kappa shape index (κ2) is 5.80. The fourth-order valence-electron chi connectivity index (χ4n) is 2.19. The number of rotatable bonds is 3. The van der Waals surface area contributed by atoms with Crippen LogP contribution in [0.15, 0.2) is 48.8 Å². The zero-order valence-electron chi connectivity index (χ0n) is 10.9. The van der Waals surface area contributed by atoms with E-state index in [0.717, 1.165) is 16.5 Å². The summed E-state index contributed by atoms with van der Waals surface area (Å²) in [6.45, 7) is 0. The van der Waals surface area contributed by atoms with Gasteiger partial charge in [-0.3, -0.25) is 9.78 Å². The Morgan fingerprint density at radius 3 is 2.71 bits per heavy atom. The van der Waals surface area contributed by atoms with E-state index >= 15 is 0 Å². The van der Waals surface area contributed by atoms with Crippen LogP contribution in [0, 0.1) is 0 Å². The Bertz CT molecular complexity index is 828. The van der Waals surface area contributed by atoms with Crippen LogP contribution in [0.3, 0.4) is 0 Å². The van der Waals surface area contributed by atoms with Crippen molar-refractivity contribution >= 4 is 39.9 Å². The molecule has 1 aromatic carbocycles. The van der Waals surface area contributed by atoms with Crippen LogP contribution in [0.2, 0.25) is 10.0 Å². The third-order valence-electron chi connectivity index (χ3n) is 3.16. The molecule has 3 aromatic rings. The average molecular weight is 317 g/mol. The molecule has 0 atom stereocenters. The quantitative estimate of drug-likeness (QED) is 0.674. The van der Waals surface area contributed by atoms with Gasteiger partial charge in [-0.1, -0.05) is 41.4 Å². The molecule has 0 bridgehead atoms. The van der Waals surface area contributed by atoms with Crippen LogP contribution < -0.4 is 0 Å². The number of benzene rings is 1. The summed E-state index contributed by atoms with van der Waals surface area (Å²) in [5, 5.41) is 1.63. The minimum atomic E-state index is -0.145. The Kier molecular flexibility index (Phi) is 3.86. The van der Waals surface area contributed by atoms with Crippen molar-refractivity contribution in [3.63, 3.8) is 0 Å². The zero-order chi connectivity index (χ0) is 14.8. The van der Waals surface area contributed by atoms with Gasteiger partial charge in [0.25, 0.3) is 0 Å². The smallest absolute Gasteiger partial charge is 0.187 e. The SMILES string of the molecule is O=C(Cc1ccnc2ccccc12)c1ncc(Cl)cc1Cl. The van der Waals surface area contributed by atoms with Crippen LogP contribution in [-0.2, 0) is 6.42 Å². The lowest BCUT2D eigenvalue weighted by atomic mass is 10.0. The monoisotopic (exact) mass is 316 g/mol. The number of Topliss-reactive ketones (excluding diaryl/α,β-unsaturated/α-hetero) is 1. The number of para-hydroxylation sites is 1. The summed E-state index contributed by atoms with van der Waals surface area (Å²) in [6, 6.07) is 11.1. The predicted octanol–water partition coefficient (Wildman–Crippen LogP) is 4.36. The number of carbonyl (C=O) groups excluding carboxylic acids is 1. The Morgan fingerprint density at radius 2 is 1.90 bits per heavy atom. The highest BCUT2D eigenvalue weighted by Crippen LogP contribution is 2.22. The van der Waals surface area contributed by atoms with Crippen molar-refractivity contribution in [2.24, 2.45) is 0 Å². The molecule has 0 N–H and O–H groups in total. The highest BCUT2D eigenvalue weighted by atomic mass is 35.5. The van der Waals surface area contributed by atoms with E-state index < -0.39 is 0 Å². The molecule has 21 heavy (non-hydrogen) atoms. The molecule has 0 saturated heterocycles. The van der Waals surface area contributed by atoms with Crippen molar-refractivity contribution in [1.29, 1.82) is 0 Å². The molecule has 0 fully saturated rings. The standard InChI is InChI=1S/C16H10Cl2N2O/c17-11-8-13(18)16(20-9-11)15(21)7-10-5-6-19-14-4-2-1-3-12(10)14/h1-6,8-9H,7H2. The fourth-order valence-corrected chi connectivity index (χ4v) is 2.67. The molecule has 0 aliphatic carbocycles. The van der Waals surface area contributed by atoms with Gasteiger partial charge in [-0.05, 0) is 23.8 Å². The number of carbonyl (C=O) groups is 1. The van der Waals surface area contributed by atoms with Crippen molar-refractivity contribution in [3.8, 4) is 0 Å². The first-order valence-electron chi connectivity index (χ1n) is 6.32. The number of halogens is 2. The fraction of sp³-hybridized carbons (Fsp3) is 0.0625. The second-order valence-electron chi connectivity index (χ2n) is 4.57. The molecule has 5 heteroatoms. The van der Waals surface area contributed by atoms with Crippen molar-refractivity contribution < 1.29 is 4.79 Å². The summed E-state index contributed by atoms with van der Waals surface area (Å²) >= 11 is 11.8. The van der Waals surface area contributed by atoms with E-state index in [-0.39, 0.29) is 22.9 Å². The van der Waals surface area contributed by atoms with Crippen molar-refractivity contribution in [3.05, 3.63) is 70.1 Å². The second-order valence-corrected chi connectivity index (χ2v) is 5.41. The maximum absolute atomic E-state index is 12.4. The third-order valence-corrected chi connectivity index (χ3v) is 3.66. The summed E-state index contributed by atoms with van der Waals surface area (Å²) in [7, 11) is 0. The Morgan fingerprint density at radius 1 is 1.10 bits per heavy atom. The molecule has 0 aliphatic heterocycles. The molecule has 0 spiro atoms. The number of aromatic nitrogens is 2. The van der Waals surface area contributed by atoms with E-state index in [9.17, 15) is 4.79 Å². The molecular formula is C16H10Cl2N2O. The molecule has 0 radical (unpaired) electrons. The number of hydrogen-bond donors (Lipinski definition) is 0. The predicted molar refractivity (Wildman–Crippen MR) is 84.0 cm³/mol. The van der Waals surface area contributed by atoms with Crippen LogP contribution in [0.5, 0.6) is 0 Å². The van der Waals surface area contributed by atoms with Gasteiger partial charge < -0.3 is 0 Å². The maximum Gasteiger partial charge on any atom is 0.187 e. The number of fused-ring (bicyclic) bond motifs is 1. The normalized spacial score (nSPS) is 10.8. The van der Waals surface area contributed by atoms with Crippen LogP contribution in [-0.4, -0.2) is 15.8 Å². The van der Waals surface area contributed by atoms with E-state index in [1.54, 1.807) is 6.20 Å². The summed E-state index contributed by atoms with van der Waals surface area (Å²) in [5.41, 5.74) is 2.00. The van der Waals surface area contributed by atoms with Crippen LogP contribution in [0.4, 0.5) is 0 Å². The van der Waals surface area contributed by atoms with E-state index in [2.05, 4.69) is 9.97 Å². The van der Waals surface area contributed by atoms with Gasteiger partial charge in [0.05, 0.1) is 15.6 Å². The highest BCUT2D eigenvalue weighted by molar-refractivity contribution is 6.36. The van der Waals surface area contributed by atoms with Gasteiger partial charge in [0.15, 0.2) is 5.78 Å². The van der Waals surface area contributed by atoms with Gasteiger partial charge in [0.2, 0.25) is 0 Å². The van der Waals surface area contributed by atoms with Crippen LogP contribution in [0.1, 0.15) is 16.1 Å². The topological polar surface area (TPSA) is 42.9 Å². The minimum Gasteiger partial charge on any atom is -0.292 e. The third kappa shape index (κ3) is 2.89. The molecule has 0 amide bonds. The maximum atomic E-state index is 12.4. The summed E-state index contributed by atoms with van der Waals surface area (Å²) < 4.78 is 0. The van der Waals surface area contributed by atoms with Gasteiger partial charge in [-0.2, -0.15) is 0 Å².